The van der Waals surface area contributed by atoms with E-state index in [0.717, 1.165) is 16.2 Å². The van der Waals surface area contributed by atoms with Crippen LogP contribution in [0.4, 0.5) is 5.13 Å². The molecule has 3 rings (SSSR count). The average Bonchev–Trinajstić information content (AvgIpc) is 3.18. The van der Waals surface area contributed by atoms with Crippen LogP contribution in [0.5, 0.6) is 0 Å². The van der Waals surface area contributed by atoms with Gasteiger partial charge in [0.2, 0.25) is 0 Å². The van der Waals surface area contributed by atoms with E-state index in [9.17, 15) is 24.3 Å². The Balaban J connectivity index is 1.77. The lowest BCUT2D eigenvalue weighted by Gasteiger charge is -2.49. The van der Waals surface area contributed by atoms with Crippen molar-refractivity contribution in [1.29, 1.82) is 0 Å². The number of nitrogens with two attached hydrogens (primary N) is 2. The highest BCUT2D eigenvalue weighted by Gasteiger charge is 2.54. The Labute approximate surface area is 189 Å². The largest absolute Gasteiger partial charge is 0.477 e. The fraction of sp³-hybridized carbons (Fsp3) is 0.412. The van der Waals surface area contributed by atoms with Gasteiger partial charge in [-0.3, -0.25) is 19.3 Å². The summed E-state index contributed by atoms with van der Waals surface area (Å²) < 4.78 is 4.89. The molecule has 2 aliphatic rings. The van der Waals surface area contributed by atoms with E-state index in [1.54, 1.807) is 0 Å². The summed E-state index contributed by atoms with van der Waals surface area (Å²) in [5.41, 5.74) is 11.0. The van der Waals surface area contributed by atoms with E-state index in [-0.39, 0.29) is 47.7 Å². The van der Waals surface area contributed by atoms with E-state index in [1.807, 2.05) is 0 Å². The summed E-state index contributed by atoms with van der Waals surface area (Å²) in [6.45, 7) is 1.19. The molecule has 13 nitrogen and oxygen atoms in total. The minimum atomic E-state index is -1.33. The van der Waals surface area contributed by atoms with Crippen LogP contribution in [-0.4, -0.2) is 81.4 Å². The maximum Gasteiger partial charge on any atom is 0.352 e. The number of fused-ring (bicyclic) bond motifs is 1. The minimum Gasteiger partial charge on any atom is -0.477 e. The van der Waals surface area contributed by atoms with Crippen molar-refractivity contribution < 1.29 is 33.9 Å². The number of aromatic nitrogens is 1. The molecule has 0 aliphatic carbocycles. The van der Waals surface area contributed by atoms with Crippen LogP contribution in [-0.2, 0) is 28.8 Å². The molecule has 0 saturated carbocycles. The third-order valence-corrected chi connectivity index (χ3v) is 6.34. The number of nitrogens with one attached hydrogen (secondary N) is 1. The van der Waals surface area contributed by atoms with E-state index < -0.39 is 35.2 Å². The Morgan fingerprint density at radius 2 is 2.19 bits per heavy atom. The lowest BCUT2D eigenvalue weighted by molar-refractivity contribution is -0.150. The zero-order chi connectivity index (χ0) is 23.4. The molecule has 0 bridgehead atoms. The summed E-state index contributed by atoms with van der Waals surface area (Å²) in [5, 5.41) is 17.0. The van der Waals surface area contributed by atoms with Crippen molar-refractivity contribution in [2.45, 2.75) is 18.3 Å². The lowest BCUT2D eigenvalue weighted by atomic mass is 10.0. The predicted octanol–water partition coefficient (Wildman–Crippen LogP) is -1.29. The second kappa shape index (κ2) is 9.97. The molecule has 0 spiro atoms. The number of oxime groups is 1. The van der Waals surface area contributed by atoms with Crippen LogP contribution in [0.15, 0.2) is 21.8 Å². The normalized spacial score (nSPS) is 20.4. The van der Waals surface area contributed by atoms with Gasteiger partial charge in [0, 0.05) is 30.2 Å². The van der Waals surface area contributed by atoms with Crippen molar-refractivity contribution in [3.63, 3.8) is 0 Å². The Morgan fingerprint density at radius 3 is 2.78 bits per heavy atom. The van der Waals surface area contributed by atoms with Crippen molar-refractivity contribution in [3.05, 3.63) is 22.3 Å². The van der Waals surface area contributed by atoms with Gasteiger partial charge in [-0.15, -0.1) is 23.1 Å². The Hall–Kier alpha value is -3.17. The number of hydrogen-bond donors (Lipinski definition) is 4. The Morgan fingerprint density at radius 1 is 1.44 bits per heavy atom. The molecule has 2 atom stereocenters. The summed E-state index contributed by atoms with van der Waals surface area (Å²) in [6, 6.07) is -0.993. The molecule has 0 aromatic carbocycles. The van der Waals surface area contributed by atoms with Gasteiger partial charge in [-0.25, -0.2) is 9.78 Å². The summed E-state index contributed by atoms with van der Waals surface area (Å²) in [7, 11) is 0. The van der Waals surface area contributed by atoms with Crippen molar-refractivity contribution in [2.75, 3.05) is 31.2 Å². The van der Waals surface area contributed by atoms with Crippen molar-refractivity contribution in [2.24, 2.45) is 10.9 Å². The number of β-lactam (4-membered cyclic amide) rings is 1. The lowest BCUT2D eigenvalue weighted by Crippen LogP contribution is -2.71. The Kier molecular flexibility index (Phi) is 7.32. The van der Waals surface area contributed by atoms with Gasteiger partial charge < -0.3 is 31.5 Å². The van der Waals surface area contributed by atoms with E-state index >= 15 is 0 Å². The van der Waals surface area contributed by atoms with Crippen LogP contribution in [0.3, 0.4) is 0 Å². The number of thiazole rings is 1. The van der Waals surface area contributed by atoms with Crippen LogP contribution < -0.4 is 16.8 Å². The molecule has 6 N–H and O–H groups in total. The predicted molar refractivity (Wildman–Crippen MR) is 114 cm³/mol. The molecular weight excluding hydrogens is 464 g/mol. The molecule has 3 heterocycles. The first-order valence-electron chi connectivity index (χ1n) is 9.20. The highest BCUT2D eigenvalue weighted by Crippen LogP contribution is 2.40. The molecule has 1 fully saturated rings. The van der Waals surface area contributed by atoms with E-state index in [2.05, 4.69) is 15.5 Å². The maximum atomic E-state index is 12.8. The summed E-state index contributed by atoms with van der Waals surface area (Å²) in [5.74, 6) is -3.05. The van der Waals surface area contributed by atoms with Crippen molar-refractivity contribution in [1.82, 2.24) is 15.2 Å². The number of esters is 1. The van der Waals surface area contributed by atoms with Gasteiger partial charge in [0.25, 0.3) is 11.8 Å². The fourth-order valence-electron chi connectivity index (χ4n) is 2.96. The number of carbonyl (C=O) groups is 4. The average molecular weight is 485 g/mol. The summed E-state index contributed by atoms with van der Waals surface area (Å²) >= 11 is 2.33. The van der Waals surface area contributed by atoms with Gasteiger partial charge in [-0.1, -0.05) is 5.16 Å². The smallest absolute Gasteiger partial charge is 0.352 e. The first kappa shape index (κ1) is 23.5. The third kappa shape index (κ3) is 4.84. The van der Waals surface area contributed by atoms with Crippen LogP contribution in [0.2, 0.25) is 0 Å². The first-order valence-corrected chi connectivity index (χ1v) is 11.1. The number of hydrogen-bond acceptors (Lipinski definition) is 12. The van der Waals surface area contributed by atoms with Gasteiger partial charge >= 0.3 is 11.9 Å². The molecular formula is C17H20N6O7S2. The first-order chi connectivity index (χ1) is 15.2. The van der Waals surface area contributed by atoms with E-state index in [1.165, 1.54) is 24.1 Å². The van der Waals surface area contributed by atoms with E-state index in [4.69, 9.17) is 21.0 Å². The van der Waals surface area contributed by atoms with Gasteiger partial charge in [-0.2, -0.15) is 0 Å². The molecule has 32 heavy (non-hydrogen) atoms. The topological polar surface area (TPSA) is 200 Å². The number of carboxylic acid groups (broad SMARTS) is 1. The van der Waals surface area contributed by atoms with Crippen molar-refractivity contribution in [3.8, 4) is 0 Å². The molecule has 1 saturated heterocycles. The highest BCUT2D eigenvalue weighted by molar-refractivity contribution is 8.00. The maximum absolute atomic E-state index is 12.8. The van der Waals surface area contributed by atoms with Crippen LogP contribution in [0.25, 0.3) is 0 Å². The number of aliphatic carboxylic acids is 1. The van der Waals surface area contributed by atoms with Crippen LogP contribution in [0, 0.1) is 0 Å². The second-order valence-corrected chi connectivity index (χ2v) is 8.53. The molecule has 2 amide bonds. The SMILES string of the molecule is CC(=O)OCC1=C(C(=O)O)N2C(=O)C(NC(=O)C(=NOCCN)c3csc(N)n3)[C@H]2SC1. The standard InChI is InChI=1S/C17H20N6O7S2/c1-7(24)29-4-8-5-31-15-11(14(26)23(15)12(8)16(27)28)21-13(25)10(22-30-3-2-18)9-6-32-17(19)20-9/h6,11,15H,2-5,18H2,1H3,(H2,19,20)(H,21,25)(H,27,28)/t11?,15-/m1/s1. The molecule has 0 radical (unpaired) electrons. The number of carbonyl (C=O) groups excluding carboxylic acids is 3. The molecule has 2 aliphatic heterocycles. The van der Waals surface area contributed by atoms with E-state index in [0.29, 0.717) is 5.57 Å². The van der Waals surface area contributed by atoms with Gasteiger partial charge in [0.15, 0.2) is 10.8 Å². The monoisotopic (exact) mass is 484 g/mol. The summed E-state index contributed by atoms with van der Waals surface area (Å²) in [4.78, 5) is 58.5. The number of anilines is 1. The second-order valence-electron chi connectivity index (χ2n) is 6.53. The minimum absolute atomic E-state index is 0.0584. The number of carboxylic acids is 1. The Bertz CT molecular complexity index is 1010. The number of nitrogen functional groups attached to an aromatic ring is 1. The van der Waals surface area contributed by atoms with Crippen LogP contribution in [0.1, 0.15) is 12.6 Å². The van der Waals surface area contributed by atoms with Gasteiger partial charge in [0.1, 0.15) is 36.0 Å². The molecule has 1 unspecified atom stereocenters. The third-order valence-electron chi connectivity index (χ3n) is 4.33. The molecule has 172 valence electrons. The van der Waals surface area contributed by atoms with Gasteiger partial charge in [0.05, 0.1) is 0 Å². The van der Waals surface area contributed by atoms with Gasteiger partial charge in [-0.05, 0) is 0 Å². The number of amides is 2. The molecule has 1 aromatic rings. The highest BCUT2D eigenvalue weighted by atomic mass is 32.2. The zero-order valence-electron chi connectivity index (χ0n) is 16.8. The van der Waals surface area contributed by atoms with Crippen LogP contribution >= 0.6 is 23.1 Å². The number of nitrogens with zero attached hydrogens (tertiary/aromatic N) is 3. The number of ether oxygens (including phenoxy) is 1. The number of thioether (sulfide) groups is 1. The fourth-order valence-corrected chi connectivity index (χ4v) is 4.83. The molecule has 1 aromatic heterocycles. The van der Waals surface area contributed by atoms with Crippen molar-refractivity contribution >= 4 is 57.7 Å². The number of rotatable bonds is 9. The quantitative estimate of drug-likeness (QED) is 0.107. The summed E-state index contributed by atoms with van der Waals surface area (Å²) in [6.07, 6.45) is 0. The molecule has 15 heteroatoms. The zero-order valence-corrected chi connectivity index (χ0v) is 18.4.